The highest BCUT2D eigenvalue weighted by Gasteiger charge is 2.34. The Labute approximate surface area is 261 Å². The van der Waals surface area contributed by atoms with Gasteiger partial charge in [-0.15, -0.1) is 0 Å². The molecule has 1 unspecified atom stereocenters. The van der Waals surface area contributed by atoms with Crippen LogP contribution in [0.15, 0.2) is 115 Å². The number of amides is 2. The van der Waals surface area contributed by atoms with Gasteiger partial charge in [0.15, 0.2) is 0 Å². The summed E-state index contributed by atoms with van der Waals surface area (Å²) in [4.78, 5) is 38.2. The summed E-state index contributed by atoms with van der Waals surface area (Å²) in [5.41, 5.74) is 2.41. The van der Waals surface area contributed by atoms with Crippen LogP contribution in [-0.2, 0) is 35.3 Å². The molecule has 232 valence electrons. The van der Waals surface area contributed by atoms with Crippen LogP contribution in [0.5, 0.6) is 0 Å². The van der Waals surface area contributed by atoms with Crippen molar-refractivity contribution < 1.29 is 22.8 Å². The minimum absolute atomic E-state index is 0.0915. The van der Waals surface area contributed by atoms with Crippen LogP contribution >= 0.6 is 0 Å². The fourth-order valence-corrected chi connectivity index (χ4v) is 5.40. The first-order valence-corrected chi connectivity index (χ1v) is 14.9. The molecule has 0 aliphatic carbocycles. The number of alkyl halides is 3. The Kier molecular flexibility index (Phi) is 10.4. The molecule has 0 spiro atoms. The second-order valence-electron chi connectivity index (χ2n) is 11.0. The normalized spacial score (nSPS) is 14.8. The standard InChI is InChI=1S/C36H35F3N4O2/c37-36(38,39)31-17-14-28(15-18-31)16-19-34(44)43(27-32-13-7-8-20-40-32)33(25-29-9-3-1-4-10-29)35(45)42-23-21-41(22-24-42)26-30-11-5-2-6-12-30/h1-20,33H,21-27H2/b19-16+. The van der Waals surface area contributed by atoms with Gasteiger partial charge in [0, 0.05) is 51.4 Å². The van der Waals surface area contributed by atoms with Gasteiger partial charge in [0.25, 0.3) is 0 Å². The molecule has 6 nitrogen and oxygen atoms in total. The molecule has 5 rings (SSSR count). The van der Waals surface area contributed by atoms with E-state index in [-0.39, 0.29) is 12.5 Å². The van der Waals surface area contributed by atoms with E-state index in [1.165, 1.54) is 34.7 Å². The van der Waals surface area contributed by atoms with Crippen LogP contribution in [0.1, 0.15) is 27.9 Å². The van der Waals surface area contributed by atoms with E-state index < -0.39 is 23.7 Å². The van der Waals surface area contributed by atoms with Gasteiger partial charge in [-0.1, -0.05) is 78.9 Å². The van der Waals surface area contributed by atoms with Gasteiger partial charge in [-0.25, -0.2) is 0 Å². The van der Waals surface area contributed by atoms with Crippen LogP contribution < -0.4 is 0 Å². The molecule has 1 fully saturated rings. The van der Waals surface area contributed by atoms with E-state index in [4.69, 9.17) is 0 Å². The molecule has 9 heteroatoms. The van der Waals surface area contributed by atoms with Gasteiger partial charge in [-0.05, 0) is 47.0 Å². The lowest BCUT2D eigenvalue weighted by Crippen LogP contribution is -2.56. The van der Waals surface area contributed by atoms with Crippen LogP contribution in [0.25, 0.3) is 6.08 Å². The second kappa shape index (κ2) is 14.8. The molecule has 2 heterocycles. The third kappa shape index (κ3) is 8.89. The summed E-state index contributed by atoms with van der Waals surface area (Å²) in [6.45, 7) is 3.37. The molecule has 2 amide bonds. The first kappa shape index (κ1) is 31.7. The number of benzene rings is 3. The molecule has 3 aromatic carbocycles. The fourth-order valence-electron chi connectivity index (χ4n) is 5.40. The van der Waals surface area contributed by atoms with E-state index in [1.807, 2.05) is 59.5 Å². The minimum atomic E-state index is -4.45. The van der Waals surface area contributed by atoms with Crippen molar-refractivity contribution >= 4 is 17.9 Å². The van der Waals surface area contributed by atoms with E-state index in [0.29, 0.717) is 43.9 Å². The van der Waals surface area contributed by atoms with E-state index >= 15 is 0 Å². The number of carbonyl (C=O) groups excluding carboxylic acids is 2. The molecule has 45 heavy (non-hydrogen) atoms. The number of halogens is 3. The maximum Gasteiger partial charge on any atom is 0.416 e. The van der Waals surface area contributed by atoms with Gasteiger partial charge in [-0.2, -0.15) is 13.2 Å². The Morgan fingerprint density at radius 3 is 2.02 bits per heavy atom. The number of hydrogen-bond acceptors (Lipinski definition) is 4. The van der Waals surface area contributed by atoms with Gasteiger partial charge in [-0.3, -0.25) is 19.5 Å². The first-order chi connectivity index (χ1) is 21.8. The zero-order valence-electron chi connectivity index (χ0n) is 24.8. The van der Waals surface area contributed by atoms with Crippen molar-refractivity contribution in [2.45, 2.75) is 31.7 Å². The molecule has 1 aliphatic rings. The molecule has 1 aliphatic heterocycles. The van der Waals surface area contributed by atoms with Crippen molar-refractivity contribution in [3.05, 3.63) is 143 Å². The van der Waals surface area contributed by atoms with E-state index in [9.17, 15) is 22.8 Å². The Bertz CT molecular complexity index is 1560. The lowest BCUT2D eigenvalue weighted by atomic mass is 10.0. The molecular weight excluding hydrogens is 577 g/mol. The largest absolute Gasteiger partial charge is 0.416 e. The molecular formula is C36H35F3N4O2. The van der Waals surface area contributed by atoms with Gasteiger partial charge in [0.05, 0.1) is 17.8 Å². The van der Waals surface area contributed by atoms with Crippen LogP contribution in [0.2, 0.25) is 0 Å². The number of carbonyl (C=O) groups is 2. The van der Waals surface area contributed by atoms with Gasteiger partial charge in [0.2, 0.25) is 11.8 Å². The lowest BCUT2D eigenvalue weighted by molar-refractivity contribution is -0.145. The molecule has 1 saturated heterocycles. The number of nitrogens with zero attached hydrogens (tertiary/aromatic N) is 4. The quantitative estimate of drug-likeness (QED) is 0.203. The maximum atomic E-state index is 14.3. The SMILES string of the molecule is O=C(C(Cc1ccccc1)N(Cc1ccccn1)C(=O)/C=C/c1ccc(C(F)(F)F)cc1)N1CCN(Cc2ccccc2)CC1. The third-order valence-corrected chi connectivity index (χ3v) is 7.86. The van der Waals surface area contributed by atoms with Gasteiger partial charge >= 0.3 is 6.18 Å². The molecule has 1 atom stereocenters. The highest BCUT2D eigenvalue weighted by molar-refractivity contribution is 5.95. The molecule has 0 N–H and O–H groups in total. The molecule has 1 aromatic heterocycles. The number of rotatable bonds is 10. The summed E-state index contributed by atoms with van der Waals surface area (Å²) < 4.78 is 39.1. The summed E-state index contributed by atoms with van der Waals surface area (Å²) in [7, 11) is 0. The van der Waals surface area contributed by atoms with E-state index in [2.05, 4.69) is 22.0 Å². The Morgan fingerprint density at radius 2 is 1.42 bits per heavy atom. The van der Waals surface area contributed by atoms with Gasteiger partial charge in [0.1, 0.15) is 6.04 Å². The first-order valence-electron chi connectivity index (χ1n) is 14.9. The zero-order chi connectivity index (χ0) is 31.6. The number of aromatic nitrogens is 1. The smallest absolute Gasteiger partial charge is 0.338 e. The summed E-state index contributed by atoms with van der Waals surface area (Å²) in [5, 5.41) is 0. The zero-order valence-corrected chi connectivity index (χ0v) is 24.8. The monoisotopic (exact) mass is 612 g/mol. The third-order valence-electron chi connectivity index (χ3n) is 7.86. The van der Waals surface area contributed by atoms with Crippen molar-refractivity contribution in [2.24, 2.45) is 0 Å². The second-order valence-corrected chi connectivity index (χ2v) is 11.0. The van der Waals surface area contributed by atoms with Gasteiger partial charge < -0.3 is 9.80 Å². The fraction of sp³-hybridized carbons (Fsp3) is 0.250. The Hall–Kier alpha value is -4.76. The van der Waals surface area contributed by atoms with Crippen LogP contribution in [0.4, 0.5) is 13.2 Å². The number of piperazine rings is 1. The van der Waals surface area contributed by atoms with E-state index in [0.717, 1.165) is 24.2 Å². The van der Waals surface area contributed by atoms with Crippen LogP contribution in [0.3, 0.4) is 0 Å². The summed E-state index contributed by atoms with van der Waals surface area (Å²) in [6.07, 6.45) is 0.275. The molecule has 0 bridgehead atoms. The predicted molar refractivity (Wildman–Crippen MR) is 167 cm³/mol. The minimum Gasteiger partial charge on any atom is -0.338 e. The van der Waals surface area contributed by atoms with Crippen molar-refractivity contribution in [1.82, 2.24) is 19.7 Å². The molecule has 0 saturated carbocycles. The van der Waals surface area contributed by atoms with Crippen LogP contribution in [-0.4, -0.2) is 63.7 Å². The summed E-state index contributed by atoms with van der Waals surface area (Å²) in [6, 6.07) is 28.9. The summed E-state index contributed by atoms with van der Waals surface area (Å²) in [5.74, 6) is -0.581. The van der Waals surface area contributed by atoms with Crippen molar-refractivity contribution in [1.29, 1.82) is 0 Å². The predicted octanol–water partition coefficient (Wildman–Crippen LogP) is 6.10. The average molecular weight is 613 g/mol. The highest BCUT2D eigenvalue weighted by atomic mass is 19.4. The van der Waals surface area contributed by atoms with E-state index in [1.54, 1.807) is 18.3 Å². The van der Waals surface area contributed by atoms with Crippen molar-refractivity contribution in [2.75, 3.05) is 26.2 Å². The summed E-state index contributed by atoms with van der Waals surface area (Å²) >= 11 is 0. The highest BCUT2D eigenvalue weighted by Crippen LogP contribution is 2.29. The molecule has 4 aromatic rings. The van der Waals surface area contributed by atoms with Crippen molar-refractivity contribution in [3.8, 4) is 0 Å². The maximum absolute atomic E-state index is 14.3. The lowest BCUT2D eigenvalue weighted by Gasteiger charge is -2.39. The van der Waals surface area contributed by atoms with Crippen LogP contribution in [0, 0.1) is 0 Å². The van der Waals surface area contributed by atoms with Crippen molar-refractivity contribution in [3.63, 3.8) is 0 Å². The Balaban J connectivity index is 1.39. The average Bonchev–Trinajstić information content (AvgIpc) is 3.06. The topological polar surface area (TPSA) is 56.8 Å². The Morgan fingerprint density at radius 1 is 0.800 bits per heavy atom. The number of hydrogen-bond donors (Lipinski definition) is 0. The molecule has 0 radical (unpaired) electrons. The number of pyridine rings is 1.